The first-order valence-corrected chi connectivity index (χ1v) is 8.17. The molecular formula is C18H25N3O. The number of carbonyl (C=O) groups excluding carboxylic acids is 1. The highest BCUT2D eigenvalue weighted by Crippen LogP contribution is 2.35. The summed E-state index contributed by atoms with van der Waals surface area (Å²) in [5.41, 5.74) is 2.12. The molecule has 0 radical (unpaired) electrons. The van der Waals surface area contributed by atoms with E-state index in [4.69, 9.17) is 0 Å². The lowest BCUT2D eigenvalue weighted by atomic mass is 9.79. The topological polar surface area (TPSA) is 44.4 Å². The molecule has 0 unspecified atom stereocenters. The number of hydrogen-bond acceptors (Lipinski definition) is 3. The minimum Gasteiger partial charge on any atom is -0.382 e. The maximum Gasteiger partial charge on any atom is 0.253 e. The monoisotopic (exact) mass is 299 g/mol. The Labute approximate surface area is 132 Å². The van der Waals surface area contributed by atoms with Crippen molar-refractivity contribution in [2.24, 2.45) is 5.41 Å². The third kappa shape index (κ3) is 3.17. The molecule has 1 spiro atoms. The van der Waals surface area contributed by atoms with E-state index in [1.54, 1.807) is 0 Å². The molecule has 0 saturated carbocycles. The van der Waals surface area contributed by atoms with E-state index in [1.807, 2.05) is 35.2 Å². The van der Waals surface area contributed by atoms with Gasteiger partial charge in [-0.15, -0.1) is 6.58 Å². The Morgan fingerprint density at radius 1 is 1.36 bits per heavy atom. The molecule has 118 valence electrons. The zero-order valence-electron chi connectivity index (χ0n) is 13.1. The van der Waals surface area contributed by atoms with Crippen molar-refractivity contribution in [1.82, 2.24) is 10.2 Å². The molecule has 1 aromatic carbocycles. The van der Waals surface area contributed by atoms with Gasteiger partial charge in [-0.1, -0.05) is 6.08 Å². The summed E-state index contributed by atoms with van der Waals surface area (Å²) in [6, 6.07) is 7.77. The summed E-state index contributed by atoms with van der Waals surface area (Å²) in [5.74, 6) is 0.168. The highest BCUT2D eigenvalue weighted by molar-refractivity contribution is 5.94. The molecule has 2 N–H and O–H groups in total. The Balaban J connectivity index is 1.66. The zero-order chi connectivity index (χ0) is 15.4. The van der Waals surface area contributed by atoms with Gasteiger partial charge in [0.1, 0.15) is 0 Å². The number of anilines is 1. The highest BCUT2D eigenvalue weighted by atomic mass is 16.2. The fourth-order valence-corrected chi connectivity index (χ4v) is 3.63. The summed E-state index contributed by atoms with van der Waals surface area (Å²) >= 11 is 0. The van der Waals surface area contributed by atoms with Crippen LogP contribution >= 0.6 is 0 Å². The van der Waals surface area contributed by atoms with Gasteiger partial charge in [0.2, 0.25) is 0 Å². The first kappa shape index (κ1) is 15.1. The number of nitrogens with one attached hydrogen (secondary N) is 2. The fraction of sp³-hybridized carbons (Fsp3) is 0.500. The van der Waals surface area contributed by atoms with Crippen LogP contribution in [0.1, 0.15) is 29.6 Å². The van der Waals surface area contributed by atoms with E-state index in [2.05, 4.69) is 17.2 Å². The fourth-order valence-electron chi connectivity index (χ4n) is 3.63. The average Bonchev–Trinajstić information content (AvgIpc) is 3.00. The van der Waals surface area contributed by atoms with Gasteiger partial charge in [0.05, 0.1) is 0 Å². The maximum absolute atomic E-state index is 12.7. The minimum atomic E-state index is 0.168. The van der Waals surface area contributed by atoms with Gasteiger partial charge in [-0.2, -0.15) is 0 Å². The van der Waals surface area contributed by atoms with Gasteiger partial charge in [-0.3, -0.25) is 4.79 Å². The molecule has 0 aliphatic carbocycles. The van der Waals surface area contributed by atoms with E-state index < -0.39 is 0 Å². The van der Waals surface area contributed by atoms with Crippen LogP contribution in [-0.4, -0.2) is 43.5 Å². The summed E-state index contributed by atoms with van der Waals surface area (Å²) in [7, 11) is 0. The summed E-state index contributed by atoms with van der Waals surface area (Å²) < 4.78 is 0. The third-order valence-electron chi connectivity index (χ3n) is 4.86. The smallest absolute Gasteiger partial charge is 0.253 e. The number of piperidine rings is 1. The van der Waals surface area contributed by atoms with Crippen molar-refractivity contribution in [3.63, 3.8) is 0 Å². The van der Waals surface area contributed by atoms with Gasteiger partial charge in [0, 0.05) is 42.8 Å². The predicted molar refractivity (Wildman–Crippen MR) is 90.2 cm³/mol. The SMILES string of the molecule is C=CCNc1ccc(C(=O)N2CCC[C@@]3(CCNC3)C2)cc1. The van der Waals surface area contributed by atoms with Gasteiger partial charge >= 0.3 is 0 Å². The van der Waals surface area contributed by atoms with Crippen molar-refractivity contribution in [3.05, 3.63) is 42.5 Å². The molecule has 2 fully saturated rings. The van der Waals surface area contributed by atoms with E-state index >= 15 is 0 Å². The second kappa shape index (κ2) is 6.53. The lowest BCUT2D eigenvalue weighted by molar-refractivity contribution is 0.0553. The van der Waals surface area contributed by atoms with Crippen molar-refractivity contribution in [1.29, 1.82) is 0 Å². The molecule has 4 nitrogen and oxygen atoms in total. The van der Waals surface area contributed by atoms with Crippen molar-refractivity contribution in [2.75, 3.05) is 38.0 Å². The predicted octanol–water partition coefficient (Wildman–Crippen LogP) is 2.50. The van der Waals surface area contributed by atoms with Crippen LogP contribution in [0.3, 0.4) is 0 Å². The van der Waals surface area contributed by atoms with E-state index in [9.17, 15) is 4.79 Å². The number of likely N-dealkylation sites (tertiary alicyclic amines) is 1. The molecule has 4 heteroatoms. The molecule has 1 aromatic rings. The number of amides is 1. The molecule has 0 bridgehead atoms. The first-order valence-electron chi connectivity index (χ1n) is 8.17. The largest absolute Gasteiger partial charge is 0.382 e. The van der Waals surface area contributed by atoms with Crippen LogP contribution in [0.25, 0.3) is 0 Å². The van der Waals surface area contributed by atoms with Crippen molar-refractivity contribution in [3.8, 4) is 0 Å². The molecule has 3 rings (SSSR count). The second-order valence-electron chi connectivity index (χ2n) is 6.50. The Morgan fingerprint density at radius 3 is 2.86 bits per heavy atom. The number of hydrogen-bond donors (Lipinski definition) is 2. The minimum absolute atomic E-state index is 0.168. The molecular weight excluding hydrogens is 274 g/mol. The van der Waals surface area contributed by atoms with Crippen molar-refractivity contribution >= 4 is 11.6 Å². The Morgan fingerprint density at radius 2 is 2.18 bits per heavy atom. The van der Waals surface area contributed by atoms with Gasteiger partial charge < -0.3 is 15.5 Å². The van der Waals surface area contributed by atoms with Crippen LogP contribution in [0, 0.1) is 5.41 Å². The van der Waals surface area contributed by atoms with E-state index in [1.165, 1.54) is 12.8 Å². The van der Waals surface area contributed by atoms with Crippen LogP contribution in [0.2, 0.25) is 0 Å². The number of rotatable bonds is 4. The normalized spacial score (nSPS) is 24.5. The molecule has 2 aliphatic rings. The Kier molecular flexibility index (Phi) is 4.48. The van der Waals surface area contributed by atoms with Gasteiger partial charge in [-0.05, 0) is 50.1 Å². The Bertz CT molecular complexity index is 532. The van der Waals surface area contributed by atoms with Crippen molar-refractivity contribution in [2.45, 2.75) is 19.3 Å². The van der Waals surface area contributed by atoms with Gasteiger partial charge in [0.25, 0.3) is 5.91 Å². The summed E-state index contributed by atoms with van der Waals surface area (Å²) in [6.07, 6.45) is 5.38. The summed E-state index contributed by atoms with van der Waals surface area (Å²) in [4.78, 5) is 14.8. The standard InChI is InChI=1S/C18H25N3O/c1-2-10-20-16-6-4-15(5-7-16)17(22)21-12-3-8-18(14-21)9-11-19-13-18/h2,4-7,19-20H,1,3,8-14H2/t18-/m0/s1. The molecule has 2 aliphatic heterocycles. The van der Waals surface area contributed by atoms with E-state index in [-0.39, 0.29) is 5.91 Å². The third-order valence-corrected chi connectivity index (χ3v) is 4.86. The highest BCUT2D eigenvalue weighted by Gasteiger charge is 2.39. The number of benzene rings is 1. The second-order valence-corrected chi connectivity index (χ2v) is 6.50. The van der Waals surface area contributed by atoms with Crippen LogP contribution in [0.4, 0.5) is 5.69 Å². The van der Waals surface area contributed by atoms with E-state index in [0.29, 0.717) is 5.41 Å². The van der Waals surface area contributed by atoms with Crippen LogP contribution < -0.4 is 10.6 Å². The maximum atomic E-state index is 12.7. The molecule has 1 amide bonds. The number of carbonyl (C=O) groups is 1. The van der Waals surface area contributed by atoms with Crippen LogP contribution in [-0.2, 0) is 0 Å². The number of nitrogens with zero attached hydrogens (tertiary/aromatic N) is 1. The quantitative estimate of drug-likeness (QED) is 0.840. The molecule has 0 aromatic heterocycles. The van der Waals surface area contributed by atoms with Gasteiger partial charge in [0.15, 0.2) is 0 Å². The molecule has 2 saturated heterocycles. The van der Waals surface area contributed by atoms with Gasteiger partial charge in [-0.25, -0.2) is 0 Å². The average molecular weight is 299 g/mol. The lowest BCUT2D eigenvalue weighted by Gasteiger charge is -2.40. The molecule has 1 atom stereocenters. The molecule has 22 heavy (non-hydrogen) atoms. The first-order chi connectivity index (χ1) is 10.7. The molecule has 2 heterocycles. The van der Waals surface area contributed by atoms with Crippen molar-refractivity contribution < 1.29 is 4.79 Å². The Hall–Kier alpha value is -1.81. The van der Waals surface area contributed by atoms with E-state index in [0.717, 1.165) is 50.4 Å². The summed E-state index contributed by atoms with van der Waals surface area (Å²) in [5, 5.41) is 6.68. The lowest BCUT2D eigenvalue weighted by Crippen LogP contribution is -2.47. The zero-order valence-corrected chi connectivity index (χ0v) is 13.1. The van der Waals surface area contributed by atoms with Crippen LogP contribution in [0.15, 0.2) is 36.9 Å². The summed E-state index contributed by atoms with van der Waals surface area (Å²) in [6.45, 7) is 8.35. The van der Waals surface area contributed by atoms with Crippen LogP contribution in [0.5, 0.6) is 0 Å².